The monoisotopic (exact) mass is 488 g/mol. The Hall–Kier alpha value is -4.42. The molecule has 0 fully saturated rings. The van der Waals surface area contributed by atoms with Crippen molar-refractivity contribution in [3.63, 3.8) is 0 Å². The molecule has 6 aromatic carbocycles. The van der Waals surface area contributed by atoms with Crippen molar-refractivity contribution in [3.05, 3.63) is 143 Å². The summed E-state index contributed by atoms with van der Waals surface area (Å²) in [6, 6.07) is 40.3. The molecule has 0 N–H and O–H groups in total. The zero-order chi connectivity index (χ0) is 25.9. The van der Waals surface area contributed by atoms with Crippen LogP contribution in [0.4, 0.5) is 0 Å². The van der Waals surface area contributed by atoms with E-state index >= 15 is 0 Å². The average molecular weight is 489 g/mol. The first-order chi connectivity index (χ1) is 18.7. The van der Waals surface area contributed by atoms with E-state index in [4.69, 9.17) is 0 Å². The maximum Gasteiger partial charge on any atom is -0.00990 e. The van der Waals surface area contributed by atoms with Crippen LogP contribution in [-0.4, -0.2) is 0 Å². The van der Waals surface area contributed by atoms with E-state index in [1.807, 2.05) is 0 Å². The Labute approximate surface area is 225 Å². The van der Waals surface area contributed by atoms with Gasteiger partial charge in [0.2, 0.25) is 0 Å². The van der Waals surface area contributed by atoms with Gasteiger partial charge in [-0.3, -0.25) is 0 Å². The first-order valence-electron chi connectivity index (χ1n) is 13.6. The molecule has 184 valence electrons. The number of rotatable bonds is 6. The summed E-state index contributed by atoms with van der Waals surface area (Å²) in [6.45, 7) is 4.38. The fraction of sp³-hybridized carbons (Fsp3) is 0.105. The van der Waals surface area contributed by atoms with Gasteiger partial charge in [0.25, 0.3) is 0 Å². The minimum Gasteiger partial charge on any atom is -0.0613 e. The van der Waals surface area contributed by atoms with Gasteiger partial charge >= 0.3 is 0 Å². The van der Waals surface area contributed by atoms with E-state index in [0.717, 1.165) is 12.8 Å². The lowest BCUT2D eigenvalue weighted by molar-refractivity contribution is 1.14. The number of hydrogen-bond acceptors (Lipinski definition) is 0. The largest absolute Gasteiger partial charge is 0.0613 e. The summed E-state index contributed by atoms with van der Waals surface area (Å²) in [4.78, 5) is 0. The molecule has 0 bridgehead atoms. The van der Waals surface area contributed by atoms with Crippen LogP contribution < -0.4 is 0 Å². The van der Waals surface area contributed by atoms with Crippen LogP contribution in [0.2, 0.25) is 0 Å². The fourth-order valence-electron chi connectivity index (χ4n) is 5.25. The zero-order valence-electron chi connectivity index (χ0n) is 22.1. The molecule has 6 rings (SSSR count). The van der Waals surface area contributed by atoms with Crippen molar-refractivity contribution in [2.45, 2.75) is 26.7 Å². The minimum absolute atomic E-state index is 1.07. The van der Waals surface area contributed by atoms with Crippen molar-refractivity contribution in [2.75, 3.05) is 0 Å². The second-order valence-electron chi connectivity index (χ2n) is 10.0. The first kappa shape index (κ1) is 23.9. The van der Waals surface area contributed by atoms with Gasteiger partial charge in [0.05, 0.1) is 0 Å². The van der Waals surface area contributed by atoms with Crippen LogP contribution in [0, 0.1) is 0 Å². The predicted molar refractivity (Wildman–Crippen MR) is 168 cm³/mol. The molecule has 0 saturated carbocycles. The quantitative estimate of drug-likeness (QED) is 0.161. The van der Waals surface area contributed by atoms with Crippen molar-refractivity contribution in [3.8, 4) is 0 Å². The molecule has 0 atom stereocenters. The molecule has 0 spiro atoms. The van der Waals surface area contributed by atoms with Crippen LogP contribution in [0.3, 0.4) is 0 Å². The number of aryl methyl sites for hydroxylation is 2. The van der Waals surface area contributed by atoms with Crippen molar-refractivity contribution >= 4 is 56.6 Å². The summed E-state index contributed by atoms with van der Waals surface area (Å²) in [5, 5.41) is 7.75. The Kier molecular flexibility index (Phi) is 6.63. The molecule has 38 heavy (non-hydrogen) atoms. The van der Waals surface area contributed by atoms with E-state index in [2.05, 4.69) is 147 Å². The molecule has 0 unspecified atom stereocenters. The molecule has 0 aliphatic rings. The van der Waals surface area contributed by atoms with Crippen molar-refractivity contribution in [2.24, 2.45) is 0 Å². The molecular weight excluding hydrogens is 456 g/mol. The van der Waals surface area contributed by atoms with E-state index in [0.29, 0.717) is 0 Å². The summed E-state index contributed by atoms with van der Waals surface area (Å²) in [5.41, 5.74) is 7.65. The molecule has 0 aliphatic carbocycles. The standard InChI is InChI=1S/C38H32/c1-3-27-5-9-29(10-6-27)13-15-31-17-21-35-33(25-31)19-23-38-36-22-18-32(26-34(36)20-24-37(35)38)16-14-30-11-7-28(4-2)8-12-30/h5-26H,3-4H2,1-2H3/b15-13+,16-14+. The van der Waals surface area contributed by atoms with Crippen LogP contribution in [0.25, 0.3) is 56.6 Å². The topological polar surface area (TPSA) is 0 Å². The van der Waals surface area contributed by atoms with Gasteiger partial charge in [-0.15, -0.1) is 0 Å². The minimum atomic E-state index is 1.07. The summed E-state index contributed by atoms with van der Waals surface area (Å²) < 4.78 is 0. The zero-order valence-corrected chi connectivity index (χ0v) is 22.1. The Morgan fingerprint density at radius 2 is 0.711 bits per heavy atom. The molecule has 0 saturated heterocycles. The third-order valence-corrected chi connectivity index (χ3v) is 7.59. The molecule has 6 aromatic rings. The molecule has 0 nitrogen and oxygen atoms in total. The highest BCUT2D eigenvalue weighted by Crippen LogP contribution is 2.32. The van der Waals surface area contributed by atoms with Crippen LogP contribution >= 0.6 is 0 Å². The third kappa shape index (κ3) is 4.91. The Morgan fingerprint density at radius 3 is 1.11 bits per heavy atom. The highest BCUT2D eigenvalue weighted by atomic mass is 14.1. The molecule has 0 amide bonds. The van der Waals surface area contributed by atoms with E-state index in [1.54, 1.807) is 0 Å². The lowest BCUT2D eigenvalue weighted by Crippen LogP contribution is -1.83. The predicted octanol–water partition coefficient (Wildman–Crippen LogP) is 10.6. The summed E-state index contributed by atoms with van der Waals surface area (Å²) in [6.07, 6.45) is 11.0. The second-order valence-corrected chi connectivity index (χ2v) is 10.0. The van der Waals surface area contributed by atoms with Crippen LogP contribution in [0.5, 0.6) is 0 Å². The van der Waals surface area contributed by atoms with Crippen LogP contribution in [0.1, 0.15) is 47.2 Å². The lowest BCUT2D eigenvalue weighted by Gasteiger charge is -2.09. The van der Waals surface area contributed by atoms with E-state index in [1.165, 1.54) is 65.7 Å². The number of benzene rings is 6. The smallest absolute Gasteiger partial charge is 0.00990 e. The van der Waals surface area contributed by atoms with Crippen LogP contribution in [0.15, 0.2) is 109 Å². The fourth-order valence-corrected chi connectivity index (χ4v) is 5.25. The van der Waals surface area contributed by atoms with Gasteiger partial charge in [-0.2, -0.15) is 0 Å². The van der Waals surface area contributed by atoms with E-state index < -0.39 is 0 Å². The number of fused-ring (bicyclic) bond motifs is 5. The third-order valence-electron chi connectivity index (χ3n) is 7.59. The van der Waals surface area contributed by atoms with Gasteiger partial charge in [-0.1, -0.05) is 135 Å². The van der Waals surface area contributed by atoms with Gasteiger partial charge < -0.3 is 0 Å². The first-order valence-corrected chi connectivity index (χ1v) is 13.6. The SMILES string of the molecule is CCc1ccc(/C=C/c2ccc3c(ccc4c5ccc(/C=C/c6ccc(CC)cc6)cc5ccc34)c2)cc1. The summed E-state index contributed by atoms with van der Waals surface area (Å²) >= 11 is 0. The Bertz CT molecular complexity index is 1660. The van der Waals surface area contributed by atoms with Gasteiger partial charge in [0.15, 0.2) is 0 Å². The van der Waals surface area contributed by atoms with Gasteiger partial charge in [0, 0.05) is 0 Å². The normalized spacial score (nSPS) is 11.9. The van der Waals surface area contributed by atoms with Crippen molar-refractivity contribution < 1.29 is 0 Å². The highest BCUT2D eigenvalue weighted by Gasteiger charge is 2.06. The molecular formula is C38H32. The highest BCUT2D eigenvalue weighted by molar-refractivity contribution is 6.17. The molecule has 0 aliphatic heterocycles. The van der Waals surface area contributed by atoms with Gasteiger partial charge in [-0.25, -0.2) is 0 Å². The van der Waals surface area contributed by atoms with Gasteiger partial charge in [-0.05, 0) is 90.7 Å². The van der Waals surface area contributed by atoms with Crippen molar-refractivity contribution in [1.29, 1.82) is 0 Å². The van der Waals surface area contributed by atoms with Crippen LogP contribution in [-0.2, 0) is 12.8 Å². The molecule has 0 heteroatoms. The Balaban J connectivity index is 1.29. The van der Waals surface area contributed by atoms with E-state index in [-0.39, 0.29) is 0 Å². The lowest BCUT2D eigenvalue weighted by atomic mass is 9.95. The number of hydrogen-bond donors (Lipinski definition) is 0. The molecule has 0 radical (unpaired) electrons. The average Bonchev–Trinajstić information content (AvgIpc) is 2.98. The Morgan fingerprint density at radius 1 is 0.368 bits per heavy atom. The van der Waals surface area contributed by atoms with Crippen molar-refractivity contribution in [1.82, 2.24) is 0 Å². The molecule has 0 heterocycles. The van der Waals surface area contributed by atoms with Gasteiger partial charge in [0.1, 0.15) is 0 Å². The summed E-state index contributed by atoms with van der Waals surface area (Å²) in [7, 11) is 0. The molecule has 0 aromatic heterocycles. The van der Waals surface area contributed by atoms with E-state index in [9.17, 15) is 0 Å². The maximum atomic E-state index is 2.29. The second kappa shape index (κ2) is 10.5. The summed E-state index contributed by atoms with van der Waals surface area (Å²) in [5.74, 6) is 0. The maximum absolute atomic E-state index is 2.29.